The van der Waals surface area contributed by atoms with Gasteiger partial charge >= 0.3 is 152 Å². The fourth-order valence-electron chi connectivity index (χ4n) is 3.04. The number of hydrogen-bond donors (Lipinski definition) is 0. The van der Waals surface area contributed by atoms with E-state index in [-0.39, 0.29) is 24.8 Å². The van der Waals surface area contributed by atoms with Crippen molar-refractivity contribution in [2.45, 2.75) is 33.1 Å². The fourth-order valence-corrected chi connectivity index (χ4v) is 6.61. The van der Waals surface area contributed by atoms with Crippen LogP contribution in [0.1, 0.15) is 33.1 Å². The van der Waals surface area contributed by atoms with Gasteiger partial charge in [0.05, 0.1) is 0 Å². The van der Waals surface area contributed by atoms with Crippen molar-refractivity contribution in [2.75, 3.05) is 0 Å². The van der Waals surface area contributed by atoms with Gasteiger partial charge in [-0.15, -0.1) is 24.8 Å². The molecule has 0 fully saturated rings. The third-order valence-electron chi connectivity index (χ3n) is 4.40. The number of hydrogen-bond acceptors (Lipinski definition) is 1. The van der Waals surface area contributed by atoms with Gasteiger partial charge in [0.15, 0.2) is 0 Å². The van der Waals surface area contributed by atoms with E-state index >= 15 is 0 Å². The SMILES string of the molecule is CC[C](CC)=[Ti]([O]c1cccc(-c2ccccc2)c1)[C]1=CC=CC1.Cl.Cl. The molecular formula is C22H26Cl2OTi. The van der Waals surface area contributed by atoms with Crippen LogP contribution in [0.3, 0.4) is 0 Å². The minimum absolute atomic E-state index is 0. The molecule has 0 aromatic heterocycles. The smallest absolute Gasteiger partial charge is 0.147 e. The molecular weight excluding hydrogens is 399 g/mol. The van der Waals surface area contributed by atoms with Crippen molar-refractivity contribution in [1.82, 2.24) is 0 Å². The van der Waals surface area contributed by atoms with Crippen molar-refractivity contribution in [1.29, 1.82) is 0 Å². The van der Waals surface area contributed by atoms with Crippen molar-refractivity contribution in [3.8, 4) is 16.9 Å². The maximum absolute atomic E-state index is 6.63. The van der Waals surface area contributed by atoms with E-state index in [1.807, 2.05) is 0 Å². The van der Waals surface area contributed by atoms with Gasteiger partial charge in [-0.3, -0.25) is 0 Å². The average molecular weight is 425 g/mol. The Morgan fingerprint density at radius 2 is 1.62 bits per heavy atom. The molecule has 138 valence electrons. The molecule has 2 aromatic carbocycles. The summed E-state index contributed by atoms with van der Waals surface area (Å²) in [6.07, 6.45) is 10.0. The first kappa shape index (κ1) is 22.9. The molecule has 1 nitrogen and oxygen atoms in total. The van der Waals surface area contributed by atoms with Crippen LogP contribution in [0.4, 0.5) is 0 Å². The molecule has 1 aliphatic carbocycles. The summed E-state index contributed by atoms with van der Waals surface area (Å²) in [4.78, 5) is 0. The van der Waals surface area contributed by atoms with Gasteiger partial charge in [-0.2, -0.15) is 0 Å². The summed E-state index contributed by atoms with van der Waals surface area (Å²) in [6.45, 7) is 4.52. The van der Waals surface area contributed by atoms with Crippen molar-refractivity contribution < 1.29 is 21.1 Å². The van der Waals surface area contributed by atoms with E-state index in [4.69, 9.17) is 3.32 Å². The molecule has 26 heavy (non-hydrogen) atoms. The predicted molar refractivity (Wildman–Crippen MR) is 114 cm³/mol. The molecule has 0 heterocycles. The van der Waals surface area contributed by atoms with Gasteiger partial charge in [0.2, 0.25) is 0 Å². The third kappa shape index (κ3) is 5.69. The van der Waals surface area contributed by atoms with Crippen LogP contribution in [0.15, 0.2) is 76.7 Å². The zero-order valence-electron chi connectivity index (χ0n) is 15.3. The second-order valence-electron chi connectivity index (χ2n) is 5.96. The van der Waals surface area contributed by atoms with Crippen LogP contribution in [0.5, 0.6) is 5.75 Å². The number of rotatable bonds is 6. The fraction of sp³-hybridized carbons (Fsp3) is 0.227. The molecule has 2 aromatic rings. The summed E-state index contributed by atoms with van der Waals surface area (Å²) in [5.41, 5.74) is 2.46. The zero-order chi connectivity index (χ0) is 16.8. The Morgan fingerprint density at radius 1 is 0.923 bits per heavy atom. The Morgan fingerprint density at radius 3 is 2.23 bits per heavy atom. The summed E-state index contributed by atoms with van der Waals surface area (Å²) < 4.78 is 9.77. The summed E-state index contributed by atoms with van der Waals surface area (Å²) in [5.74, 6) is 1.01. The standard InChI is InChI=1S/C12H10O.C5H5.C5H10.2ClH.Ti/c13-12-8-4-7-11(9-12)10-5-2-1-3-6-10;1-2-4-5-3-1;1-3-5-4-2;;;/h1-9,13H;1-3H,4H2;3-4H2,1-2H3;2*1H;/q;;;;;+1/p-1. The van der Waals surface area contributed by atoms with Crippen LogP contribution < -0.4 is 3.32 Å². The van der Waals surface area contributed by atoms with Crippen LogP contribution >= 0.6 is 24.8 Å². The molecule has 0 saturated carbocycles. The van der Waals surface area contributed by atoms with Crippen LogP contribution in [0.2, 0.25) is 0 Å². The predicted octanol–water partition coefficient (Wildman–Crippen LogP) is 6.95. The molecule has 0 saturated heterocycles. The van der Waals surface area contributed by atoms with Crippen LogP contribution in [0.25, 0.3) is 11.1 Å². The summed E-state index contributed by atoms with van der Waals surface area (Å²) in [6, 6.07) is 19.1. The van der Waals surface area contributed by atoms with Crippen molar-refractivity contribution in [3.63, 3.8) is 0 Å². The molecule has 0 bridgehead atoms. The largest absolute Gasteiger partial charge is 0.147 e. The molecule has 1 aliphatic rings. The van der Waals surface area contributed by atoms with E-state index in [2.05, 4.69) is 86.7 Å². The minimum Gasteiger partial charge on any atom is -0.147 e. The molecule has 0 unspecified atom stereocenters. The second kappa shape index (κ2) is 11.6. The first-order valence-electron chi connectivity index (χ1n) is 8.73. The molecule has 4 heteroatoms. The summed E-state index contributed by atoms with van der Waals surface area (Å²) in [7, 11) is 0. The van der Waals surface area contributed by atoms with Crippen LogP contribution in [0, 0.1) is 0 Å². The van der Waals surface area contributed by atoms with E-state index in [0.717, 1.165) is 25.0 Å². The maximum atomic E-state index is 6.63. The molecule has 0 aliphatic heterocycles. The van der Waals surface area contributed by atoms with Crippen LogP contribution in [-0.2, 0) is 17.8 Å². The van der Waals surface area contributed by atoms with Crippen molar-refractivity contribution in [3.05, 3.63) is 76.7 Å². The average Bonchev–Trinajstić information content (AvgIpc) is 3.17. The molecule has 0 N–H and O–H groups in total. The molecule has 3 rings (SSSR count). The first-order valence-corrected chi connectivity index (χ1v) is 10.9. The van der Waals surface area contributed by atoms with E-state index in [0.29, 0.717) is 0 Å². The minimum atomic E-state index is -1.85. The zero-order valence-corrected chi connectivity index (χ0v) is 18.5. The monoisotopic (exact) mass is 424 g/mol. The molecule has 0 atom stereocenters. The van der Waals surface area contributed by atoms with Gasteiger partial charge in [0, 0.05) is 0 Å². The first-order chi connectivity index (χ1) is 11.8. The Kier molecular flexibility index (Phi) is 10.2. The topological polar surface area (TPSA) is 9.23 Å². The van der Waals surface area contributed by atoms with E-state index in [1.54, 1.807) is 3.81 Å². The number of allylic oxidation sites excluding steroid dienone is 4. The maximum Gasteiger partial charge on any atom is -0.147 e. The van der Waals surface area contributed by atoms with Gasteiger partial charge in [-0.1, -0.05) is 0 Å². The van der Waals surface area contributed by atoms with Gasteiger partial charge in [0.1, 0.15) is 0 Å². The number of halogens is 2. The van der Waals surface area contributed by atoms with E-state index in [9.17, 15) is 0 Å². The third-order valence-corrected chi connectivity index (χ3v) is 8.68. The van der Waals surface area contributed by atoms with Crippen LogP contribution in [-0.4, -0.2) is 3.81 Å². The van der Waals surface area contributed by atoms with Crippen molar-refractivity contribution in [2.24, 2.45) is 0 Å². The summed E-state index contributed by atoms with van der Waals surface area (Å²) >= 11 is -1.85. The Balaban J connectivity index is 0.00000169. The van der Waals surface area contributed by atoms with Crippen molar-refractivity contribution >= 4 is 28.6 Å². The molecule has 0 spiro atoms. The summed E-state index contributed by atoms with van der Waals surface area (Å²) in [5, 5.41) is 0. The van der Waals surface area contributed by atoms with E-state index in [1.165, 1.54) is 15.0 Å². The van der Waals surface area contributed by atoms with E-state index < -0.39 is 17.8 Å². The Bertz CT molecular complexity index is 789. The number of benzene rings is 2. The molecule has 0 radical (unpaired) electrons. The Hall–Kier alpha value is -1.12. The van der Waals surface area contributed by atoms with Gasteiger partial charge in [-0.25, -0.2) is 0 Å². The quantitative estimate of drug-likeness (QED) is 0.456. The Labute approximate surface area is 175 Å². The van der Waals surface area contributed by atoms with Gasteiger partial charge < -0.3 is 0 Å². The molecule has 0 amide bonds. The van der Waals surface area contributed by atoms with Gasteiger partial charge in [-0.05, 0) is 0 Å². The normalized spacial score (nSPS) is 11.8. The second-order valence-corrected chi connectivity index (χ2v) is 9.41. The van der Waals surface area contributed by atoms with Gasteiger partial charge in [0.25, 0.3) is 0 Å².